The van der Waals surface area contributed by atoms with Crippen LogP contribution in [0.25, 0.3) is 0 Å². The number of carbonyl (C=O) groups is 1. The van der Waals surface area contributed by atoms with Crippen molar-refractivity contribution in [1.29, 1.82) is 0 Å². The summed E-state index contributed by atoms with van der Waals surface area (Å²) in [4.78, 5) is 26.9. The lowest BCUT2D eigenvalue weighted by Gasteiger charge is -2.34. The van der Waals surface area contributed by atoms with Gasteiger partial charge in [0.25, 0.3) is 5.69 Å². The fourth-order valence-electron chi connectivity index (χ4n) is 3.10. The van der Waals surface area contributed by atoms with Crippen LogP contribution in [0.4, 0.5) is 11.4 Å². The van der Waals surface area contributed by atoms with Crippen molar-refractivity contribution in [3.05, 3.63) is 68.2 Å². The highest BCUT2D eigenvalue weighted by Gasteiger charge is 2.19. The minimum absolute atomic E-state index is 0.0475. The second-order valence-electron chi connectivity index (χ2n) is 6.66. The maximum atomic E-state index is 12.2. The molecular formula is C19H20Cl2N4O3. The number of carbonyl (C=O) groups excluding carboxylic acids is 1. The van der Waals surface area contributed by atoms with Gasteiger partial charge in [0.15, 0.2) is 0 Å². The van der Waals surface area contributed by atoms with Gasteiger partial charge in [-0.05, 0) is 23.8 Å². The van der Waals surface area contributed by atoms with Crippen LogP contribution in [0, 0.1) is 10.1 Å². The molecule has 0 saturated carbocycles. The zero-order valence-electron chi connectivity index (χ0n) is 15.1. The Labute approximate surface area is 173 Å². The number of hydrogen-bond acceptors (Lipinski definition) is 5. The molecule has 1 fully saturated rings. The van der Waals surface area contributed by atoms with Gasteiger partial charge in [0.1, 0.15) is 0 Å². The van der Waals surface area contributed by atoms with E-state index in [9.17, 15) is 14.9 Å². The third kappa shape index (κ3) is 5.65. The number of amides is 1. The number of benzene rings is 2. The molecule has 28 heavy (non-hydrogen) atoms. The number of nitrogens with zero attached hydrogens (tertiary/aromatic N) is 3. The van der Waals surface area contributed by atoms with Crippen LogP contribution >= 0.6 is 23.2 Å². The molecule has 2 aromatic rings. The molecule has 2 aromatic carbocycles. The third-order valence-corrected chi connectivity index (χ3v) is 5.30. The number of rotatable bonds is 6. The molecule has 3 rings (SSSR count). The number of piperazine rings is 1. The number of hydrogen-bond donors (Lipinski definition) is 1. The molecule has 0 atom stereocenters. The van der Waals surface area contributed by atoms with E-state index in [4.69, 9.17) is 23.2 Å². The smallest absolute Gasteiger partial charge is 0.271 e. The van der Waals surface area contributed by atoms with Gasteiger partial charge in [-0.1, -0.05) is 35.3 Å². The fourth-order valence-corrected chi connectivity index (χ4v) is 3.42. The molecule has 1 heterocycles. The van der Waals surface area contributed by atoms with Gasteiger partial charge < -0.3 is 5.32 Å². The van der Waals surface area contributed by atoms with E-state index >= 15 is 0 Å². The van der Waals surface area contributed by atoms with Crippen molar-refractivity contribution in [2.45, 2.75) is 6.54 Å². The van der Waals surface area contributed by atoms with Crippen molar-refractivity contribution in [2.24, 2.45) is 0 Å². The largest absolute Gasteiger partial charge is 0.325 e. The molecule has 0 radical (unpaired) electrons. The topological polar surface area (TPSA) is 78.7 Å². The van der Waals surface area contributed by atoms with Crippen LogP contribution in [0.15, 0.2) is 42.5 Å². The van der Waals surface area contributed by atoms with E-state index in [2.05, 4.69) is 15.1 Å². The molecule has 1 amide bonds. The third-order valence-electron chi connectivity index (χ3n) is 4.56. The maximum absolute atomic E-state index is 12.2. The van der Waals surface area contributed by atoms with Gasteiger partial charge in [-0.2, -0.15) is 0 Å². The monoisotopic (exact) mass is 422 g/mol. The van der Waals surface area contributed by atoms with E-state index in [-0.39, 0.29) is 18.1 Å². The van der Waals surface area contributed by atoms with Gasteiger partial charge >= 0.3 is 0 Å². The lowest BCUT2D eigenvalue weighted by atomic mass is 10.2. The summed E-state index contributed by atoms with van der Waals surface area (Å²) in [5, 5.41) is 14.6. The highest BCUT2D eigenvalue weighted by molar-refractivity contribution is 6.42. The maximum Gasteiger partial charge on any atom is 0.271 e. The van der Waals surface area contributed by atoms with Gasteiger partial charge in [-0.25, -0.2) is 0 Å². The highest BCUT2D eigenvalue weighted by atomic mass is 35.5. The SMILES string of the molecule is O=C(CN1CCN(Cc2ccc(Cl)c(Cl)c2)CC1)Nc1cccc([N+](=O)[O-])c1. The first-order chi connectivity index (χ1) is 13.4. The Balaban J connectivity index is 1.46. The van der Waals surface area contributed by atoms with Gasteiger partial charge in [0.05, 0.1) is 21.5 Å². The predicted octanol–water partition coefficient (Wildman–Crippen LogP) is 3.66. The number of nitro groups is 1. The summed E-state index contributed by atoms with van der Waals surface area (Å²) in [5.41, 5.74) is 1.48. The summed E-state index contributed by atoms with van der Waals surface area (Å²) in [6.07, 6.45) is 0. The number of non-ortho nitro benzene ring substituents is 1. The Bertz CT molecular complexity index is 870. The van der Waals surface area contributed by atoms with Crippen LogP contribution in [0.2, 0.25) is 10.0 Å². The number of halogens is 2. The summed E-state index contributed by atoms with van der Waals surface area (Å²) >= 11 is 12.0. The van der Waals surface area contributed by atoms with Gasteiger partial charge in [-0.15, -0.1) is 0 Å². The normalized spacial score (nSPS) is 15.4. The minimum Gasteiger partial charge on any atom is -0.325 e. The van der Waals surface area contributed by atoms with E-state index in [1.165, 1.54) is 12.1 Å². The van der Waals surface area contributed by atoms with E-state index in [0.29, 0.717) is 15.7 Å². The van der Waals surface area contributed by atoms with Crippen molar-refractivity contribution >= 4 is 40.5 Å². The van der Waals surface area contributed by atoms with Crippen molar-refractivity contribution in [3.8, 4) is 0 Å². The Morgan fingerprint density at radius 2 is 1.75 bits per heavy atom. The quantitative estimate of drug-likeness (QED) is 0.567. The van der Waals surface area contributed by atoms with Gasteiger partial charge in [0.2, 0.25) is 5.91 Å². The van der Waals surface area contributed by atoms with Gasteiger partial charge in [0, 0.05) is 50.5 Å². The molecule has 0 bridgehead atoms. The Morgan fingerprint density at radius 1 is 1.04 bits per heavy atom. The molecule has 7 nitrogen and oxygen atoms in total. The van der Waals surface area contributed by atoms with E-state index in [1.807, 2.05) is 12.1 Å². The van der Waals surface area contributed by atoms with Crippen molar-refractivity contribution in [3.63, 3.8) is 0 Å². The molecule has 148 valence electrons. The second-order valence-corrected chi connectivity index (χ2v) is 7.47. The predicted molar refractivity (Wildman–Crippen MR) is 110 cm³/mol. The molecule has 0 aromatic heterocycles. The molecule has 1 aliphatic heterocycles. The molecule has 1 saturated heterocycles. The standard InChI is InChI=1S/C19H20Cl2N4O3/c20-17-5-4-14(10-18(17)21)12-23-6-8-24(9-7-23)13-19(26)22-15-2-1-3-16(11-15)25(27)28/h1-5,10-11H,6-9,12-13H2,(H,22,26). The van der Waals surface area contributed by atoms with Crippen LogP contribution in [0.1, 0.15) is 5.56 Å². The lowest BCUT2D eigenvalue weighted by molar-refractivity contribution is -0.384. The van der Waals surface area contributed by atoms with E-state index < -0.39 is 4.92 Å². The second kappa shape index (κ2) is 9.34. The summed E-state index contributed by atoms with van der Waals surface area (Å²) in [5.74, 6) is -0.182. The highest BCUT2D eigenvalue weighted by Crippen LogP contribution is 2.23. The van der Waals surface area contributed by atoms with Crippen molar-refractivity contribution in [1.82, 2.24) is 9.80 Å². The molecule has 0 aliphatic carbocycles. The number of anilines is 1. The number of nitrogens with one attached hydrogen (secondary N) is 1. The average molecular weight is 423 g/mol. The van der Waals surface area contributed by atoms with Crippen molar-refractivity contribution < 1.29 is 9.72 Å². The molecule has 0 spiro atoms. The fraction of sp³-hybridized carbons (Fsp3) is 0.316. The van der Waals surface area contributed by atoms with E-state index in [1.54, 1.807) is 18.2 Å². The first kappa shape index (κ1) is 20.5. The zero-order chi connectivity index (χ0) is 20.1. The summed E-state index contributed by atoms with van der Waals surface area (Å²) in [7, 11) is 0. The van der Waals surface area contributed by atoms with Crippen molar-refractivity contribution in [2.75, 3.05) is 38.0 Å². The Hall–Kier alpha value is -2.19. The zero-order valence-corrected chi connectivity index (χ0v) is 16.6. The lowest BCUT2D eigenvalue weighted by Crippen LogP contribution is -2.48. The van der Waals surface area contributed by atoms with E-state index in [0.717, 1.165) is 38.3 Å². The van der Waals surface area contributed by atoms with Crippen LogP contribution in [-0.4, -0.2) is 53.4 Å². The average Bonchev–Trinajstić information content (AvgIpc) is 2.66. The summed E-state index contributed by atoms with van der Waals surface area (Å²) in [6.45, 7) is 4.25. The summed E-state index contributed by atoms with van der Waals surface area (Å²) < 4.78 is 0. The Kier molecular flexibility index (Phi) is 6.85. The molecule has 0 unspecified atom stereocenters. The summed E-state index contributed by atoms with van der Waals surface area (Å²) in [6, 6.07) is 11.6. The minimum atomic E-state index is -0.483. The molecule has 9 heteroatoms. The Morgan fingerprint density at radius 3 is 2.43 bits per heavy atom. The van der Waals surface area contributed by atoms with Crippen LogP contribution in [-0.2, 0) is 11.3 Å². The molecule has 1 aliphatic rings. The van der Waals surface area contributed by atoms with Crippen LogP contribution in [0.3, 0.4) is 0 Å². The first-order valence-electron chi connectivity index (χ1n) is 8.83. The van der Waals surface area contributed by atoms with Crippen LogP contribution in [0.5, 0.6) is 0 Å². The van der Waals surface area contributed by atoms with Crippen LogP contribution < -0.4 is 5.32 Å². The number of nitro benzene ring substituents is 1. The molecular weight excluding hydrogens is 403 g/mol. The first-order valence-corrected chi connectivity index (χ1v) is 9.59. The van der Waals surface area contributed by atoms with Gasteiger partial charge in [-0.3, -0.25) is 24.7 Å². The molecule has 1 N–H and O–H groups in total.